The third kappa shape index (κ3) is 2.63. The van der Waals surface area contributed by atoms with Gasteiger partial charge in [0, 0.05) is 11.1 Å². The molecule has 1 aromatic rings. The van der Waals surface area contributed by atoms with Crippen LogP contribution < -0.4 is 4.72 Å². The Bertz CT molecular complexity index is 752. The first-order valence-electron chi connectivity index (χ1n) is 8.26. The van der Waals surface area contributed by atoms with Crippen molar-refractivity contribution >= 4 is 21.6 Å². The minimum Gasteiger partial charge on any atom is -0.207 e. The van der Waals surface area contributed by atoms with Crippen LogP contribution in [0.3, 0.4) is 0 Å². The maximum Gasteiger partial charge on any atom is 0.241 e. The van der Waals surface area contributed by atoms with E-state index >= 15 is 0 Å². The summed E-state index contributed by atoms with van der Waals surface area (Å²) in [6.07, 6.45) is 3.43. The zero-order valence-electron chi connectivity index (χ0n) is 14.5. The van der Waals surface area contributed by atoms with Gasteiger partial charge in [-0.15, -0.1) is 0 Å². The van der Waals surface area contributed by atoms with Crippen molar-refractivity contribution in [3.63, 3.8) is 0 Å². The van der Waals surface area contributed by atoms with E-state index < -0.39 is 10.0 Å². The van der Waals surface area contributed by atoms with Crippen LogP contribution in [-0.2, 0) is 10.0 Å². The van der Waals surface area contributed by atoms with Gasteiger partial charge in [0.05, 0.1) is 4.90 Å². The molecule has 0 aliphatic heterocycles. The molecule has 2 saturated carbocycles. The molecule has 0 unspecified atom stereocenters. The fourth-order valence-corrected chi connectivity index (χ4v) is 6.92. The average Bonchev–Trinajstić information content (AvgIpc) is 2.90. The van der Waals surface area contributed by atoms with E-state index in [1.165, 1.54) is 6.42 Å². The van der Waals surface area contributed by atoms with Crippen LogP contribution in [0.25, 0.3) is 0 Å². The van der Waals surface area contributed by atoms with Crippen molar-refractivity contribution in [3.8, 4) is 0 Å². The third-order valence-corrected chi connectivity index (χ3v) is 8.26. The lowest BCUT2D eigenvalue weighted by atomic mass is 9.69. The van der Waals surface area contributed by atoms with Gasteiger partial charge >= 0.3 is 0 Å². The monoisotopic (exact) mass is 355 g/mol. The molecule has 2 aliphatic rings. The summed E-state index contributed by atoms with van der Waals surface area (Å²) in [4.78, 5) is 0.349. The maximum absolute atomic E-state index is 13.0. The van der Waals surface area contributed by atoms with Crippen LogP contribution in [0.1, 0.15) is 51.2 Å². The van der Waals surface area contributed by atoms with Crippen molar-refractivity contribution in [2.24, 2.45) is 16.7 Å². The number of nitrogens with one attached hydrogen (secondary N) is 1. The molecule has 3 rings (SSSR count). The number of rotatable bonds is 3. The summed E-state index contributed by atoms with van der Waals surface area (Å²) in [5.74, 6) is 0.605. The molecule has 2 aliphatic carbocycles. The van der Waals surface area contributed by atoms with Crippen LogP contribution in [0.2, 0.25) is 5.02 Å². The van der Waals surface area contributed by atoms with Crippen molar-refractivity contribution in [1.29, 1.82) is 0 Å². The minimum atomic E-state index is -3.55. The predicted octanol–water partition coefficient (Wildman–Crippen LogP) is 4.45. The van der Waals surface area contributed by atoms with Crippen LogP contribution in [-0.4, -0.2) is 14.5 Å². The first-order chi connectivity index (χ1) is 10.5. The Hall–Kier alpha value is -0.580. The summed E-state index contributed by atoms with van der Waals surface area (Å²) >= 11 is 6.11. The van der Waals surface area contributed by atoms with Crippen LogP contribution >= 0.6 is 11.6 Å². The Morgan fingerprint density at radius 1 is 1.17 bits per heavy atom. The fourth-order valence-electron chi connectivity index (χ4n) is 4.86. The predicted molar refractivity (Wildman–Crippen MR) is 94.3 cm³/mol. The number of hydrogen-bond acceptors (Lipinski definition) is 2. The van der Waals surface area contributed by atoms with Crippen LogP contribution in [0.15, 0.2) is 17.0 Å². The Balaban J connectivity index is 1.98. The van der Waals surface area contributed by atoms with Gasteiger partial charge in [0.1, 0.15) is 0 Å². The summed E-state index contributed by atoms with van der Waals surface area (Å²) < 4.78 is 29.1. The Morgan fingerprint density at radius 2 is 1.83 bits per heavy atom. The highest BCUT2D eigenvalue weighted by molar-refractivity contribution is 7.89. The molecule has 2 fully saturated rings. The van der Waals surface area contributed by atoms with E-state index in [0.29, 0.717) is 21.4 Å². The number of aryl methyl sites for hydroxylation is 2. The molecule has 0 heterocycles. The summed E-state index contributed by atoms with van der Waals surface area (Å²) in [7, 11) is -3.55. The van der Waals surface area contributed by atoms with Crippen molar-refractivity contribution in [3.05, 3.63) is 28.3 Å². The summed E-state index contributed by atoms with van der Waals surface area (Å²) in [6, 6.07) is 3.40. The molecule has 2 bridgehead atoms. The second kappa shape index (κ2) is 5.21. The summed E-state index contributed by atoms with van der Waals surface area (Å²) in [5, 5.41) is 0.605. The first-order valence-corrected chi connectivity index (χ1v) is 10.1. The second-order valence-corrected chi connectivity index (χ2v) is 10.4. The number of benzene rings is 1. The largest absolute Gasteiger partial charge is 0.241 e. The van der Waals surface area contributed by atoms with Crippen LogP contribution in [0, 0.1) is 30.6 Å². The fraction of sp³-hybridized carbons (Fsp3) is 0.667. The zero-order valence-corrected chi connectivity index (χ0v) is 16.1. The molecule has 0 amide bonds. The Morgan fingerprint density at radius 3 is 2.39 bits per heavy atom. The topological polar surface area (TPSA) is 46.2 Å². The SMILES string of the molecule is Cc1cc(S(=O)(=O)N[C@@H]2C(C)(C)[C@H]3CC[C@@]2(C)C3)c(C)cc1Cl. The van der Waals surface area contributed by atoms with E-state index in [1.54, 1.807) is 19.1 Å². The molecular weight excluding hydrogens is 330 g/mol. The average molecular weight is 356 g/mol. The molecule has 0 radical (unpaired) electrons. The van der Waals surface area contributed by atoms with Gasteiger partial charge in [-0.2, -0.15) is 0 Å². The molecule has 0 saturated heterocycles. The normalized spacial score (nSPS) is 32.4. The smallest absolute Gasteiger partial charge is 0.207 e. The van der Waals surface area contributed by atoms with E-state index in [9.17, 15) is 8.42 Å². The molecule has 0 aromatic heterocycles. The van der Waals surface area contributed by atoms with Gasteiger partial charge in [-0.05, 0) is 73.1 Å². The molecule has 23 heavy (non-hydrogen) atoms. The molecule has 1 N–H and O–H groups in total. The van der Waals surface area contributed by atoms with Gasteiger partial charge in [-0.1, -0.05) is 32.4 Å². The highest BCUT2D eigenvalue weighted by Gasteiger charge is 2.60. The van der Waals surface area contributed by atoms with Gasteiger partial charge in [-0.25, -0.2) is 13.1 Å². The lowest BCUT2D eigenvalue weighted by Crippen LogP contribution is -2.52. The quantitative estimate of drug-likeness (QED) is 0.870. The van der Waals surface area contributed by atoms with Crippen molar-refractivity contribution in [2.45, 2.75) is 64.8 Å². The van der Waals surface area contributed by atoms with E-state index in [4.69, 9.17) is 11.6 Å². The number of hydrogen-bond donors (Lipinski definition) is 1. The van der Waals surface area contributed by atoms with Crippen LogP contribution in [0.5, 0.6) is 0 Å². The number of halogens is 1. The molecular formula is C18H26ClNO2S. The van der Waals surface area contributed by atoms with Gasteiger partial charge in [0.15, 0.2) is 0 Å². The van der Waals surface area contributed by atoms with Gasteiger partial charge in [-0.3, -0.25) is 0 Å². The molecule has 3 nitrogen and oxygen atoms in total. The van der Waals surface area contributed by atoms with E-state index in [-0.39, 0.29) is 16.9 Å². The number of sulfonamides is 1. The van der Waals surface area contributed by atoms with E-state index in [0.717, 1.165) is 18.4 Å². The number of fused-ring (bicyclic) bond motifs is 2. The molecule has 128 valence electrons. The van der Waals surface area contributed by atoms with Crippen molar-refractivity contribution in [1.82, 2.24) is 4.72 Å². The van der Waals surface area contributed by atoms with Gasteiger partial charge < -0.3 is 0 Å². The van der Waals surface area contributed by atoms with E-state index in [1.807, 2.05) is 6.92 Å². The maximum atomic E-state index is 13.0. The summed E-state index contributed by atoms with van der Waals surface area (Å²) in [5.41, 5.74) is 1.54. The Kier molecular flexibility index (Phi) is 3.90. The second-order valence-electron chi connectivity index (χ2n) is 8.34. The molecule has 0 spiro atoms. The molecule has 3 atom stereocenters. The van der Waals surface area contributed by atoms with Crippen molar-refractivity contribution in [2.75, 3.05) is 0 Å². The lowest BCUT2D eigenvalue weighted by molar-refractivity contribution is 0.127. The highest BCUT2D eigenvalue weighted by atomic mass is 35.5. The lowest BCUT2D eigenvalue weighted by Gasteiger charge is -2.42. The first kappa shape index (κ1) is 17.2. The highest BCUT2D eigenvalue weighted by Crippen LogP contribution is 2.62. The minimum absolute atomic E-state index is 0.00452. The third-order valence-electron chi connectivity index (χ3n) is 6.29. The summed E-state index contributed by atoms with van der Waals surface area (Å²) in [6.45, 7) is 10.3. The molecule has 5 heteroatoms. The van der Waals surface area contributed by atoms with Gasteiger partial charge in [0.25, 0.3) is 0 Å². The van der Waals surface area contributed by atoms with E-state index in [2.05, 4.69) is 25.5 Å². The van der Waals surface area contributed by atoms with Crippen molar-refractivity contribution < 1.29 is 8.42 Å². The Labute approximate surface area is 144 Å². The molecule has 1 aromatic carbocycles. The zero-order chi connectivity index (χ0) is 17.2. The van der Waals surface area contributed by atoms with Gasteiger partial charge in [0.2, 0.25) is 10.0 Å². The van der Waals surface area contributed by atoms with Crippen LogP contribution in [0.4, 0.5) is 0 Å². The standard InChI is InChI=1S/C18H26ClNO2S/c1-11-9-15(12(2)8-14(11)19)23(21,22)20-16-17(3,4)13-6-7-18(16,5)10-13/h8-9,13,16,20H,6-7,10H2,1-5H3/t13-,16+,18-/m0/s1.